The summed E-state index contributed by atoms with van der Waals surface area (Å²) in [6.45, 7) is 0.718. The Morgan fingerprint density at radius 1 is 1.23 bits per heavy atom. The molecule has 26 heavy (non-hydrogen) atoms. The van der Waals surface area contributed by atoms with E-state index in [9.17, 15) is 19.7 Å². The number of hydrogen-bond donors (Lipinski definition) is 0. The summed E-state index contributed by atoms with van der Waals surface area (Å²) in [4.78, 5) is 42.0. The molecule has 2 amide bonds. The molecule has 0 aromatic heterocycles. The maximum absolute atomic E-state index is 13.3. The van der Waals surface area contributed by atoms with Gasteiger partial charge in [0.15, 0.2) is 10.5 Å². The first kappa shape index (κ1) is 16.9. The molecule has 1 aromatic rings. The van der Waals surface area contributed by atoms with Gasteiger partial charge in [-0.1, -0.05) is 0 Å². The van der Waals surface area contributed by atoms with Crippen LogP contribution in [-0.2, 0) is 16.0 Å². The third kappa shape index (κ3) is 1.97. The van der Waals surface area contributed by atoms with E-state index in [0.717, 1.165) is 25.1 Å². The maximum atomic E-state index is 13.3. The average Bonchev–Trinajstić information content (AvgIpc) is 3.13. The number of amides is 2. The van der Waals surface area contributed by atoms with E-state index in [2.05, 4.69) is 4.90 Å². The number of non-ortho nitro benzene ring substituents is 1. The van der Waals surface area contributed by atoms with Crippen molar-refractivity contribution in [3.8, 4) is 0 Å². The van der Waals surface area contributed by atoms with Crippen molar-refractivity contribution in [1.29, 1.82) is 0 Å². The van der Waals surface area contributed by atoms with Crippen LogP contribution < -0.4 is 4.90 Å². The molecule has 136 valence electrons. The van der Waals surface area contributed by atoms with Gasteiger partial charge in [-0.2, -0.15) is 0 Å². The van der Waals surface area contributed by atoms with Gasteiger partial charge in [-0.3, -0.25) is 29.5 Å². The Labute approximate surface area is 155 Å². The highest BCUT2D eigenvalue weighted by Crippen LogP contribution is 2.49. The summed E-state index contributed by atoms with van der Waals surface area (Å²) in [5.74, 6) is -0.640. The normalized spacial score (nSPS) is 24.2. The van der Waals surface area contributed by atoms with Crippen LogP contribution in [0.5, 0.6) is 0 Å². The van der Waals surface area contributed by atoms with Crippen molar-refractivity contribution < 1.29 is 14.5 Å². The SMILES string of the molecule is CN1C(=O)C2(Cc3cc([N+](=O)[O-])ccc3N3CCCC32)C(=O)N(C)C1=S. The third-order valence-corrected chi connectivity index (χ3v) is 6.37. The second-order valence-electron chi connectivity index (χ2n) is 7.08. The third-order valence-electron chi connectivity index (χ3n) is 5.82. The molecule has 0 radical (unpaired) electrons. The van der Waals surface area contributed by atoms with Crippen LogP contribution in [0.15, 0.2) is 18.2 Å². The predicted molar refractivity (Wildman–Crippen MR) is 97.7 cm³/mol. The second-order valence-corrected chi connectivity index (χ2v) is 7.45. The Hall–Kier alpha value is -2.55. The lowest BCUT2D eigenvalue weighted by Crippen LogP contribution is -2.70. The second kappa shape index (κ2) is 5.47. The summed E-state index contributed by atoms with van der Waals surface area (Å²) in [6, 6.07) is 4.43. The van der Waals surface area contributed by atoms with Crippen molar-refractivity contribution in [1.82, 2.24) is 9.80 Å². The van der Waals surface area contributed by atoms with Crippen LogP contribution in [0.2, 0.25) is 0 Å². The summed E-state index contributed by atoms with van der Waals surface area (Å²) in [5, 5.41) is 11.4. The van der Waals surface area contributed by atoms with Gasteiger partial charge >= 0.3 is 0 Å². The van der Waals surface area contributed by atoms with Crippen LogP contribution in [0.4, 0.5) is 11.4 Å². The lowest BCUT2D eigenvalue weighted by atomic mass is 9.68. The fourth-order valence-electron chi connectivity index (χ4n) is 4.62. The Bertz CT molecular complexity index is 846. The Balaban J connectivity index is 1.91. The first-order valence-corrected chi connectivity index (χ1v) is 8.84. The number of anilines is 1. The molecular formula is C17H18N4O4S. The van der Waals surface area contributed by atoms with Crippen LogP contribution >= 0.6 is 12.2 Å². The van der Waals surface area contributed by atoms with Gasteiger partial charge < -0.3 is 4.90 Å². The minimum absolute atomic E-state index is 0.0375. The quantitative estimate of drug-likeness (QED) is 0.319. The maximum Gasteiger partial charge on any atom is 0.269 e. The molecule has 0 N–H and O–H groups in total. The molecule has 2 saturated heterocycles. The Morgan fingerprint density at radius 3 is 2.50 bits per heavy atom. The van der Waals surface area contributed by atoms with Gasteiger partial charge in [0.1, 0.15) is 0 Å². The van der Waals surface area contributed by atoms with E-state index in [-0.39, 0.29) is 35.1 Å². The van der Waals surface area contributed by atoms with Gasteiger partial charge in [0.2, 0.25) is 11.8 Å². The van der Waals surface area contributed by atoms with Crippen molar-refractivity contribution >= 4 is 40.5 Å². The zero-order valence-electron chi connectivity index (χ0n) is 14.5. The van der Waals surface area contributed by atoms with Crippen molar-refractivity contribution in [2.75, 3.05) is 25.5 Å². The number of hydrogen-bond acceptors (Lipinski definition) is 6. The minimum atomic E-state index is -1.29. The number of nitro benzene ring substituents is 1. The molecule has 1 spiro atoms. The van der Waals surface area contributed by atoms with Crippen molar-refractivity contribution in [2.24, 2.45) is 5.41 Å². The molecule has 0 saturated carbocycles. The number of nitrogens with zero attached hydrogens (tertiary/aromatic N) is 4. The largest absolute Gasteiger partial charge is 0.367 e. The van der Waals surface area contributed by atoms with Crippen molar-refractivity contribution in [3.05, 3.63) is 33.9 Å². The number of carbonyl (C=O) groups excluding carboxylic acids is 2. The van der Waals surface area contributed by atoms with E-state index < -0.39 is 10.3 Å². The summed E-state index contributed by atoms with van der Waals surface area (Å²) >= 11 is 5.22. The average molecular weight is 374 g/mol. The van der Waals surface area contributed by atoms with Crippen LogP contribution in [0.3, 0.4) is 0 Å². The van der Waals surface area contributed by atoms with Gasteiger partial charge in [-0.25, -0.2) is 0 Å². The topological polar surface area (TPSA) is 87.0 Å². The van der Waals surface area contributed by atoms with Crippen LogP contribution in [0.25, 0.3) is 0 Å². The van der Waals surface area contributed by atoms with E-state index in [1.165, 1.54) is 21.9 Å². The van der Waals surface area contributed by atoms with E-state index >= 15 is 0 Å². The molecule has 8 nitrogen and oxygen atoms in total. The first-order chi connectivity index (χ1) is 12.3. The fourth-order valence-corrected chi connectivity index (χ4v) is 4.78. The van der Waals surface area contributed by atoms with E-state index in [1.807, 2.05) is 0 Å². The fraction of sp³-hybridized carbons (Fsp3) is 0.471. The molecule has 3 aliphatic heterocycles. The molecule has 3 heterocycles. The molecule has 3 aliphatic rings. The molecule has 4 rings (SSSR count). The van der Waals surface area contributed by atoms with Crippen molar-refractivity contribution in [3.63, 3.8) is 0 Å². The molecule has 1 unspecified atom stereocenters. The number of benzene rings is 1. The van der Waals surface area contributed by atoms with Gasteiger partial charge in [0.05, 0.1) is 11.0 Å². The van der Waals surface area contributed by atoms with Crippen LogP contribution in [-0.4, -0.2) is 58.3 Å². The monoisotopic (exact) mass is 374 g/mol. The van der Waals surface area contributed by atoms with E-state index in [4.69, 9.17) is 12.2 Å². The molecular weight excluding hydrogens is 356 g/mol. The lowest BCUT2D eigenvalue weighted by molar-refractivity contribution is -0.384. The van der Waals surface area contributed by atoms with Gasteiger partial charge in [0.25, 0.3) is 5.69 Å². The molecule has 2 fully saturated rings. The van der Waals surface area contributed by atoms with Gasteiger partial charge in [0, 0.05) is 44.9 Å². The van der Waals surface area contributed by atoms with E-state index in [0.29, 0.717) is 5.56 Å². The highest BCUT2D eigenvalue weighted by molar-refractivity contribution is 7.80. The highest BCUT2D eigenvalue weighted by Gasteiger charge is 2.63. The summed E-state index contributed by atoms with van der Waals surface area (Å²) in [5.41, 5.74) is 0.214. The van der Waals surface area contributed by atoms with Crippen molar-refractivity contribution in [2.45, 2.75) is 25.3 Å². The number of thiocarbonyl (C=S) groups is 1. The standard InChI is InChI=1S/C17H18N4O4S/c1-18-14(22)17(15(23)19(2)16(18)26)9-10-8-11(21(24)25)5-6-12(10)20-7-3-4-13(17)20/h5-6,8,13H,3-4,7,9H2,1-2H3. The number of nitro groups is 1. The summed E-state index contributed by atoms with van der Waals surface area (Å²) < 4.78 is 0. The predicted octanol–water partition coefficient (Wildman–Crippen LogP) is 1.32. The summed E-state index contributed by atoms with van der Waals surface area (Å²) in [7, 11) is 3.16. The zero-order valence-corrected chi connectivity index (χ0v) is 15.3. The first-order valence-electron chi connectivity index (χ1n) is 8.43. The minimum Gasteiger partial charge on any atom is -0.367 e. The number of fused-ring (bicyclic) bond motifs is 4. The Morgan fingerprint density at radius 2 is 1.88 bits per heavy atom. The van der Waals surface area contributed by atoms with Crippen LogP contribution in [0.1, 0.15) is 18.4 Å². The van der Waals surface area contributed by atoms with Crippen LogP contribution in [0, 0.1) is 15.5 Å². The lowest BCUT2D eigenvalue weighted by Gasteiger charge is -2.51. The molecule has 0 aliphatic carbocycles. The Kier molecular flexibility index (Phi) is 3.56. The van der Waals surface area contributed by atoms with Gasteiger partial charge in [-0.05, 0) is 36.7 Å². The molecule has 1 atom stereocenters. The smallest absolute Gasteiger partial charge is 0.269 e. The zero-order chi connectivity index (χ0) is 18.8. The molecule has 1 aromatic carbocycles. The van der Waals surface area contributed by atoms with Gasteiger partial charge in [-0.15, -0.1) is 0 Å². The number of rotatable bonds is 1. The summed E-state index contributed by atoms with van der Waals surface area (Å²) in [6.07, 6.45) is 1.74. The highest BCUT2D eigenvalue weighted by atomic mass is 32.1. The number of carbonyl (C=O) groups is 2. The molecule has 9 heteroatoms. The van der Waals surface area contributed by atoms with E-state index in [1.54, 1.807) is 20.2 Å². The molecule has 0 bridgehead atoms.